The van der Waals surface area contributed by atoms with Crippen molar-refractivity contribution in [1.29, 1.82) is 0 Å². The van der Waals surface area contributed by atoms with Crippen molar-refractivity contribution in [2.24, 2.45) is 4.99 Å². The molecular formula is C14H22N2O8. The third-order valence-corrected chi connectivity index (χ3v) is 3.54. The summed E-state index contributed by atoms with van der Waals surface area (Å²) in [7, 11) is 1.24. The molecule has 0 saturated carbocycles. The Morgan fingerprint density at radius 2 is 2.08 bits per heavy atom. The molecular weight excluding hydrogens is 324 g/mol. The summed E-state index contributed by atoms with van der Waals surface area (Å²) >= 11 is 0. The summed E-state index contributed by atoms with van der Waals surface area (Å²) in [4.78, 5) is 25.9. The van der Waals surface area contributed by atoms with Gasteiger partial charge in [0.1, 0.15) is 23.2 Å². The van der Waals surface area contributed by atoms with Gasteiger partial charge >= 0.3 is 5.97 Å². The van der Waals surface area contributed by atoms with Gasteiger partial charge in [-0.25, -0.2) is 4.79 Å². The summed E-state index contributed by atoms with van der Waals surface area (Å²) in [5.74, 6) is -1.71. The molecule has 6 N–H and O–H groups in total. The fourth-order valence-electron chi connectivity index (χ4n) is 2.23. The lowest BCUT2D eigenvalue weighted by molar-refractivity contribution is -0.139. The van der Waals surface area contributed by atoms with Crippen LogP contribution in [0.2, 0.25) is 0 Å². The fraction of sp³-hybridized carbons (Fsp3) is 0.643. The summed E-state index contributed by atoms with van der Waals surface area (Å²) in [6.07, 6.45) is -2.01. The Balaban J connectivity index is 3.41. The smallest absolute Gasteiger partial charge is 0.330 e. The lowest BCUT2D eigenvalue weighted by Gasteiger charge is -2.38. The highest BCUT2D eigenvalue weighted by Crippen LogP contribution is 2.31. The molecule has 0 aromatic carbocycles. The molecule has 1 rings (SSSR count). The highest BCUT2D eigenvalue weighted by atomic mass is 16.5. The van der Waals surface area contributed by atoms with E-state index in [-0.39, 0.29) is 35.9 Å². The zero-order chi connectivity index (χ0) is 18.5. The first-order chi connectivity index (χ1) is 11.2. The number of nitrogens with one attached hydrogen (secondary N) is 1. The first-order valence-electron chi connectivity index (χ1n) is 7.13. The van der Waals surface area contributed by atoms with Gasteiger partial charge in [-0.15, -0.1) is 0 Å². The van der Waals surface area contributed by atoms with Crippen molar-refractivity contribution in [2.75, 3.05) is 26.9 Å². The van der Waals surface area contributed by atoms with Crippen LogP contribution >= 0.6 is 0 Å². The summed E-state index contributed by atoms with van der Waals surface area (Å²) in [5, 5.41) is 50.9. The number of carboxylic acids is 1. The topological polar surface area (TPSA) is 169 Å². The van der Waals surface area contributed by atoms with Gasteiger partial charge in [-0.3, -0.25) is 9.79 Å². The van der Waals surface area contributed by atoms with Crippen molar-refractivity contribution >= 4 is 17.5 Å². The zero-order valence-corrected chi connectivity index (χ0v) is 13.4. The number of carbonyl (C=O) groups excluding carboxylic acids is 1. The number of methoxy groups -OCH3 is 1. The number of aliphatic hydroxyl groups excluding tert-OH is 3. The maximum absolute atomic E-state index is 11.1. The van der Waals surface area contributed by atoms with E-state index in [2.05, 4.69) is 10.3 Å². The van der Waals surface area contributed by atoms with Crippen LogP contribution in [0.3, 0.4) is 0 Å². The quantitative estimate of drug-likeness (QED) is 0.276. The predicted octanol–water partition coefficient (Wildman–Crippen LogP) is -2.60. The Bertz CT molecular complexity index is 559. The first kappa shape index (κ1) is 20.0. The van der Waals surface area contributed by atoms with Gasteiger partial charge in [0.25, 0.3) is 0 Å². The average molecular weight is 346 g/mol. The zero-order valence-electron chi connectivity index (χ0n) is 13.4. The van der Waals surface area contributed by atoms with Crippen LogP contribution in [-0.4, -0.2) is 87.6 Å². The molecule has 0 fully saturated rings. The highest BCUT2D eigenvalue weighted by Gasteiger charge is 2.46. The molecule has 0 heterocycles. The lowest BCUT2D eigenvalue weighted by Crippen LogP contribution is -2.55. The van der Waals surface area contributed by atoms with E-state index in [1.165, 1.54) is 14.0 Å². The summed E-state index contributed by atoms with van der Waals surface area (Å²) < 4.78 is 5.13. The second-order valence-corrected chi connectivity index (χ2v) is 5.46. The van der Waals surface area contributed by atoms with Crippen molar-refractivity contribution < 1.29 is 39.9 Å². The lowest BCUT2D eigenvalue weighted by atomic mass is 9.82. The number of carbonyl (C=O) groups is 2. The van der Waals surface area contributed by atoms with Gasteiger partial charge in [0, 0.05) is 6.42 Å². The van der Waals surface area contributed by atoms with Crippen LogP contribution in [0.1, 0.15) is 13.3 Å². The number of nitrogens with zero attached hydrogens (tertiary/aromatic N) is 1. The Labute approximate surface area is 138 Å². The van der Waals surface area contributed by atoms with Crippen molar-refractivity contribution in [1.82, 2.24) is 5.32 Å². The van der Waals surface area contributed by atoms with Crippen LogP contribution < -0.4 is 5.32 Å². The molecule has 10 nitrogen and oxygen atoms in total. The molecule has 0 saturated heterocycles. The Morgan fingerprint density at radius 3 is 2.50 bits per heavy atom. The molecule has 0 aliphatic heterocycles. The average Bonchev–Trinajstić information content (AvgIpc) is 2.53. The maximum Gasteiger partial charge on any atom is 0.330 e. The third kappa shape index (κ3) is 4.29. The Hall–Kier alpha value is -2.01. The number of rotatable bonds is 8. The Kier molecular flexibility index (Phi) is 6.84. The Morgan fingerprint density at radius 1 is 1.46 bits per heavy atom. The van der Waals surface area contributed by atoms with Gasteiger partial charge in [-0.2, -0.15) is 0 Å². The number of aliphatic imine (C=N–C) groups is 1. The molecule has 0 bridgehead atoms. The number of carboxylic acid groups (broad SMARTS) is 1. The minimum absolute atomic E-state index is 0.0541. The monoisotopic (exact) mass is 346 g/mol. The van der Waals surface area contributed by atoms with Crippen LogP contribution in [0, 0.1) is 0 Å². The molecule has 3 atom stereocenters. The molecule has 0 aromatic rings. The maximum atomic E-state index is 11.1. The summed E-state index contributed by atoms with van der Waals surface area (Å²) in [6, 6.07) is -1.59. The van der Waals surface area contributed by atoms with Crippen molar-refractivity contribution in [3.63, 3.8) is 0 Å². The number of Topliss-reactive ketones (excluding diaryl/α,β-unsaturated/α-hetero) is 1. The van der Waals surface area contributed by atoms with Gasteiger partial charge < -0.3 is 35.6 Å². The first-order valence-corrected chi connectivity index (χ1v) is 7.13. The van der Waals surface area contributed by atoms with Gasteiger partial charge in [-0.1, -0.05) is 0 Å². The van der Waals surface area contributed by atoms with Gasteiger partial charge in [0.05, 0.1) is 32.6 Å². The van der Waals surface area contributed by atoms with E-state index < -0.39 is 36.9 Å². The van der Waals surface area contributed by atoms with Crippen LogP contribution in [0.25, 0.3) is 0 Å². The predicted molar refractivity (Wildman–Crippen MR) is 81.3 cm³/mol. The van der Waals surface area contributed by atoms with E-state index in [9.17, 15) is 24.9 Å². The number of hydrogen-bond donors (Lipinski definition) is 6. The number of aliphatic carboxylic acids is 1. The van der Waals surface area contributed by atoms with Crippen LogP contribution in [-0.2, 0) is 14.3 Å². The van der Waals surface area contributed by atoms with Crippen molar-refractivity contribution in [2.45, 2.75) is 31.1 Å². The van der Waals surface area contributed by atoms with Crippen LogP contribution in [0.15, 0.2) is 16.4 Å². The molecule has 1 aliphatic rings. The van der Waals surface area contributed by atoms with E-state index in [1.807, 2.05) is 0 Å². The minimum atomic E-state index is -2.04. The summed E-state index contributed by atoms with van der Waals surface area (Å²) in [5.41, 5.74) is -2.21. The number of ketones is 1. The molecule has 24 heavy (non-hydrogen) atoms. The molecule has 0 aromatic heterocycles. The number of aliphatic hydroxyl groups is 4. The molecule has 136 valence electrons. The second kappa shape index (κ2) is 8.20. The van der Waals surface area contributed by atoms with Crippen molar-refractivity contribution in [3.05, 3.63) is 11.5 Å². The standard InChI is InChI=1S/C14H22N2O8/c1-7(19)4-15-8-3-14(23,6-18)12(20)10(11(8)24-2)16-9(5-17)13(21)22/h9,12,15,17-18,20,23H,3-6H2,1-2H3,(H,21,22)/t9-,12-,14+/m0/s1. The second-order valence-electron chi connectivity index (χ2n) is 5.46. The molecule has 0 spiro atoms. The van der Waals surface area contributed by atoms with E-state index in [0.29, 0.717) is 0 Å². The number of ether oxygens (including phenoxy) is 1. The van der Waals surface area contributed by atoms with Crippen LogP contribution in [0.5, 0.6) is 0 Å². The van der Waals surface area contributed by atoms with E-state index >= 15 is 0 Å². The van der Waals surface area contributed by atoms with Crippen molar-refractivity contribution in [3.8, 4) is 0 Å². The van der Waals surface area contributed by atoms with Gasteiger partial charge in [0.2, 0.25) is 0 Å². The minimum Gasteiger partial charge on any atom is -0.493 e. The highest BCUT2D eigenvalue weighted by molar-refractivity contribution is 6.05. The molecule has 0 radical (unpaired) electrons. The van der Waals surface area contributed by atoms with Crippen LogP contribution in [0.4, 0.5) is 0 Å². The largest absolute Gasteiger partial charge is 0.493 e. The van der Waals surface area contributed by atoms with E-state index in [4.69, 9.17) is 14.9 Å². The third-order valence-electron chi connectivity index (χ3n) is 3.54. The SMILES string of the molecule is COC1=C(NCC(C)=O)C[C@@](O)(CO)[C@@H](O)C1=N[C@@H](CO)C(=O)O. The van der Waals surface area contributed by atoms with E-state index in [1.54, 1.807) is 0 Å². The normalized spacial score (nSPS) is 27.1. The molecule has 0 amide bonds. The van der Waals surface area contributed by atoms with E-state index in [0.717, 1.165) is 0 Å². The van der Waals surface area contributed by atoms with Gasteiger partial charge in [0.15, 0.2) is 11.8 Å². The molecule has 0 unspecified atom stereocenters. The number of hydrogen-bond acceptors (Lipinski definition) is 9. The summed E-state index contributed by atoms with van der Waals surface area (Å²) in [6.45, 7) is -0.449. The molecule has 10 heteroatoms. The molecule has 1 aliphatic carbocycles. The fourth-order valence-corrected chi connectivity index (χ4v) is 2.23. The van der Waals surface area contributed by atoms with Gasteiger partial charge in [-0.05, 0) is 6.92 Å².